The van der Waals surface area contributed by atoms with Gasteiger partial charge in [0.2, 0.25) is 5.91 Å². The van der Waals surface area contributed by atoms with Crippen LogP contribution in [0.15, 0.2) is 42.5 Å². The lowest BCUT2D eigenvalue weighted by molar-refractivity contribution is -0.122. The van der Waals surface area contributed by atoms with Gasteiger partial charge in [-0.25, -0.2) is 0 Å². The third-order valence-electron chi connectivity index (χ3n) is 4.01. The van der Waals surface area contributed by atoms with Crippen LogP contribution in [0.3, 0.4) is 0 Å². The van der Waals surface area contributed by atoms with Gasteiger partial charge in [-0.3, -0.25) is 4.79 Å². The summed E-state index contributed by atoms with van der Waals surface area (Å²) in [5, 5.41) is 25.0. The van der Waals surface area contributed by atoms with Gasteiger partial charge < -0.3 is 10.4 Å². The van der Waals surface area contributed by atoms with Gasteiger partial charge in [0.25, 0.3) is 0 Å². The molecule has 0 saturated heterocycles. The highest BCUT2D eigenvalue weighted by Crippen LogP contribution is 2.09. The Morgan fingerprint density at radius 3 is 2.77 bits per heavy atom. The molecule has 0 bridgehead atoms. The van der Waals surface area contributed by atoms with Crippen LogP contribution in [0.2, 0.25) is 5.15 Å². The number of aryl methyl sites for hydroxylation is 1. The number of carbonyl (C=O) groups excluding carboxylic acids is 1. The number of aliphatic hydroxyl groups excluding tert-OH is 1. The van der Waals surface area contributed by atoms with E-state index in [1.54, 1.807) is 16.6 Å². The molecular formula is C18H20ClN5O2. The van der Waals surface area contributed by atoms with E-state index >= 15 is 0 Å². The van der Waals surface area contributed by atoms with Crippen LogP contribution in [0.5, 0.6) is 0 Å². The first-order valence-corrected chi connectivity index (χ1v) is 8.84. The summed E-state index contributed by atoms with van der Waals surface area (Å²) in [6.45, 7) is -0.0993. The molecule has 3 rings (SSSR count). The lowest BCUT2D eigenvalue weighted by Crippen LogP contribution is -2.39. The first-order chi connectivity index (χ1) is 12.7. The average molecular weight is 374 g/mol. The van der Waals surface area contributed by atoms with E-state index < -0.39 is 0 Å². The molecule has 0 fully saturated rings. The van der Waals surface area contributed by atoms with Gasteiger partial charge in [-0.15, -0.1) is 10.2 Å². The van der Waals surface area contributed by atoms with Crippen molar-refractivity contribution in [3.63, 3.8) is 0 Å². The number of aromatic nitrogens is 4. The molecule has 0 aliphatic rings. The molecule has 2 heterocycles. The first-order valence-electron chi connectivity index (χ1n) is 8.46. The molecule has 2 N–H and O–H groups in total. The number of nitrogens with one attached hydrogen (secondary N) is 1. The topological polar surface area (TPSA) is 92.4 Å². The van der Waals surface area contributed by atoms with Crippen LogP contribution >= 0.6 is 11.6 Å². The van der Waals surface area contributed by atoms with Crippen molar-refractivity contribution < 1.29 is 9.90 Å². The number of aliphatic hydroxyl groups is 1. The van der Waals surface area contributed by atoms with Gasteiger partial charge in [0.05, 0.1) is 12.6 Å². The Kier molecular flexibility index (Phi) is 6.14. The average Bonchev–Trinajstić information content (AvgIpc) is 3.04. The summed E-state index contributed by atoms with van der Waals surface area (Å²) in [4.78, 5) is 12.1. The van der Waals surface area contributed by atoms with E-state index in [4.69, 9.17) is 11.6 Å². The summed E-state index contributed by atoms with van der Waals surface area (Å²) in [5.41, 5.74) is 1.70. The second-order valence-electron chi connectivity index (χ2n) is 6.03. The third-order valence-corrected chi connectivity index (χ3v) is 4.21. The summed E-state index contributed by atoms with van der Waals surface area (Å²) in [7, 11) is 0. The van der Waals surface area contributed by atoms with Crippen molar-refractivity contribution in [1.82, 2.24) is 25.1 Å². The van der Waals surface area contributed by atoms with Gasteiger partial charge in [-0.1, -0.05) is 41.9 Å². The normalized spacial score (nSPS) is 12.2. The Morgan fingerprint density at radius 1 is 1.19 bits per heavy atom. The van der Waals surface area contributed by atoms with E-state index in [0.717, 1.165) is 5.56 Å². The van der Waals surface area contributed by atoms with Gasteiger partial charge in [-0.05, 0) is 30.5 Å². The minimum Gasteiger partial charge on any atom is -0.394 e. The van der Waals surface area contributed by atoms with Crippen LogP contribution in [0.1, 0.15) is 24.2 Å². The maximum atomic E-state index is 12.1. The molecule has 7 nitrogen and oxygen atoms in total. The van der Waals surface area contributed by atoms with E-state index in [-0.39, 0.29) is 18.6 Å². The number of carbonyl (C=O) groups is 1. The first kappa shape index (κ1) is 18.3. The van der Waals surface area contributed by atoms with Gasteiger partial charge in [0.15, 0.2) is 11.5 Å². The number of rotatable bonds is 8. The van der Waals surface area contributed by atoms with Crippen molar-refractivity contribution >= 4 is 23.2 Å². The minimum atomic E-state index is -0.292. The monoisotopic (exact) mass is 373 g/mol. The quantitative estimate of drug-likeness (QED) is 0.628. The molecule has 0 radical (unpaired) electrons. The molecule has 0 aliphatic heterocycles. The van der Waals surface area contributed by atoms with Crippen LogP contribution < -0.4 is 5.32 Å². The Balaban J connectivity index is 1.49. The van der Waals surface area contributed by atoms with Crippen molar-refractivity contribution in [3.05, 3.63) is 59.0 Å². The second-order valence-corrected chi connectivity index (χ2v) is 6.42. The summed E-state index contributed by atoms with van der Waals surface area (Å²) in [6, 6.07) is 12.9. The van der Waals surface area contributed by atoms with E-state index in [2.05, 4.69) is 20.6 Å². The fraction of sp³-hybridized carbons (Fsp3) is 0.333. The van der Waals surface area contributed by atoms with Gasteiger partial charge >= 0.3 is 0 Å². The second kappa shape index (κ2) is 8.73. The molecule has 1 amide bonds. The fourth-order valence-electron chi connectivity index (χ4n) is 2.73. The summed E-state index contributed by atoms with van der Waals surface area (Å²) in [5.74, 6) is 0.568. The third kappa shape index (κ3) is 4.77. The van der Waals surface area contributed by atoms with Crippen molar-refractivity contribution in [2.45, 2.75) is 31.7 Å². The SMILES string of the molecule is O=C(CCCc1nnc2ccc(Cl)nn12)N[C@H](CO)Cc1ccccc1. The smallest absolute Gasteiger partial charge is 0.220 e. The number of benzene rings is 1. The van der Waals surface area contributed by atoms with Crippen molar-refractivity contribution in [2.24, 2.45) is 0 Å². The molecule has 26 heavy (non-hydrogen) atoms. The highest BCUT2D eigenvalue weighted by atomic mass is 35.5. The highest BCUT2D eigenvalue weighted by Gasteiger charge is 2.13. The van der Waals surface area contributed by atoms with E-state index in [1.807, 2.05) is 30.3 Å². The standard InChI is InChI=1S/C18H20ClN5O2/c19-15-9-10-17-22-21-16(24(17)23-15)7-4-8-18(26)20-14(12-25)11-13-5-2-1-3-6-13/h1-3,5-6,9-10,14,25H,4,7-8,11-12H2,(H,20,26)/t14-/m0/s1. The molecule has 0 saturated carbocycles. The molecule has 136 valence electrons. The predicted octanol–water partition coefficient (Wildman–Crippen LogP) is 1.82. The van der Waals surface area contributed by atoms with Crippen LogP contribution in [-0.2, 0) is 17.6 Å². The Morgan fingerprint density at radius 2 is 2.00 bits per heavy atom. The van der Waals surface area contributed by atoms with Crippen LogP contribution in [0.25, 0.3) is 5.65 Å². The molecule has 0 unspecified atom stereocenters. The molecule has 2 aromatic heterocycles. The Labute approximate surface area is 156 Å². The summed E-state index contributed by atoms with van der Waals surface area (Å²) in [6.07, 6.45) is 2.09. The molecule has 1 atom stereocenters. The van der Waals surface area contributed by atoms with E-state index in [1.165, 1.54) is 0 Å². The number of hydrogen-bond donors (Lipinski definition) is 2. The highest BCUT2D eigenvalue weighted by molar-refractivity contribution is 6.29. The zero-order valence-corrected chi connectivity index (χ0v) is 14.9. The zero-order chi connectivity index (χ0) is 18.4. The summed E-state index contributed by atoms with van der Waals surface area (Å²) >= 11 is 5.90. The zero-order valence-electron chi connectivity index (χ0n) is 14.2. The molecular weight excluding hydrogens is 354 g/mol. The molecule has 0 aliphatic carbocycles. The number of hydrogen-bond acceptors (Lipinski definition) is 5. The molecule has 3 aromatic rings. The van der Waals surface area contributed by atoms with E-state index in [0.29, 0.717) is 42.3 Å². The largest absolute Gasteiger partial charge is 0.394 e. The van der Waals surface area contributed by atoms with Gasteiger partial charge in [0.1, 0.15) is 5.15 Å². The fourth-order valence-corrected chi connectivity index (χ4v) is 2.87. The minimum absolute atomic E-state index is 0.0974. The number of halogens is 1. The van der Waals surface area contributed by atoms with Gasteiger partial charge in [0, 0.05) is 12.8 Å². The lowest BCUT2D eigenvalue weighted by atomic mass is 10.1. The maximum Gasteiger partial charge on any atom is 0.220 e. The summed E-state index contributed by atoms with van der Waals surface area (Å²) < 4.78 is 1.59. The van der Waals surface area contributed by atoms with E-state index in [9.17, 15) is 9.90 Å². The van der Waals surface area contributed by atoms with Crippen LogP contribution in [0, 0.1) is 0 Å². The maximum absolute atomic E-state index is 12.1. The van der Waals surface area contributed by atoms with Crippen molar-refractivity contribution in [1.29, 1.82) is 0 Å². The molecule has 0 spiro atoms. The van der Waals surface area contributed by atoms with Gasteiger partial charge in [-0.2, -0.15) is 9.61 Å². The molecule has 8 heteroatoms. The number of fused-ring (bicyclic) bond motifs is 1. The van der Waals surface area contributed by atoms with Crippen molar-refractivity contribution in [2.75, 3.05) is 6.61 Å². The Hall–Kier alpha value is -2.51. The van der Waals surface area contributed by atoms with Crippen LogP contribution in [-0.4, -0.2) is 43.5 Å². The van der Waals surface area contributed by atoms with Crippen molar-refractivity contribution in [3.8, 4) is 0 Å². The van der Waals surface area contributed by atoms with Crippen LogP contribution in [0.4, 0.5) is 0 Å². The predicted molar refractivity (Wildman–Crippen MR) is 97.9 cm³/mol. The number of amides is 1. The lowest BCUT2D eigenvalue weighted by Gasteiger charge is -2.16. The number of nitrogens with zero attached hydrogens (tertiary/aromatic N) is 4. The molecule has 1 aromatic carbocycles. The Bertz CT molecular complexity index is 868.